The highest BCUT2D eigenvalue weighted by molar-refractivity contribution is 5.31. The van der Waals surface area contributed by atoms with Crippen molar-refractivity contribution in [2.45, 2.75) is 39.2 Å². The van der Waals surface area contributed by atoms with Gasteiger partial charge < -0.3 is 5.32 Å². The van der Waals surface area contributed by atoms with E-state index in [1.807, 2.05) is 0 Å². The van der Waals surface area contributed by atoms with Gasteiger partial charge in [0.1, 0.15) is 0 Å². The van der Waals surface area contributed by atoms with Gasteiger partial charge in [-0.15, -0.1) is 0 Å². The summed E-state index contributed by atoms with van der Waals surface area (Å²) in [5, 5.41) is 3.11. The quantitative estimate of drug-likeness (QED) is 0.843. The molecule has 2 nitrogen and oxygen atoms in total. The molecule has 1 aliphatic rings. The topological polar surface area (TPSA) is 15.3 Å². The Hall–Kier alpha value is -1.64. The van der Waals surface area contributed by atoms with Crippen molar-refractivity contribution < 1.29 is 0 Å². The molecule has 0 amide bonds. The molecule has 1 N–H and O–H groups in total. The second-order valence-electron chi connectivity index (χ2n) is 6.28. The summed E-state index contributed by atoms with van der Waals surface area (Å²) in [6.07, 6.45) is 4.04. The molecular formula is C22H32N2. The molecule has 2 aromatic carbocycles. The van der Waals surface area contributed by atoms with Gasteiger partial charge in [0.25, 0.3) is 0 Å². The molecule has 2 heteroatoms. The average molecular weight is 325 g/mol. The first kappa shape index (κ1) is 18.7. The summed E-state index contributed by atoms with van der Waals surface area (Å²) in [6.45, 7) is 8.82. The molecule has 130 valence electrons. The molecule has 1 fully saturated rings. The largest absolute Gasteiger partial charge is 0.317 e. The van der Waals surface area contributed by atoms with Crippen molar-refractivity contribution in [3.05, 3.63) is 71.8 Å². The lowest BCUT2D eigenvalue weighted by Crippen LogP contribution is -2.34. The molecule has 1 saturated heterocycles. The highest BCUT2D eigenvalue weighted by Gasteiger charge is 2.23. The zero-order valence-corrected chi connectivity index (χ0v) is 15.2. The number of hydrogen-bond donors (Lipinski definition) is 1. The first-order valence-electron chi connectivity index (χ1n) is 9.41. The summed E-state index contributed by atoms with van der Waals surface area (Å²) >= 11 is 0. The van der Waals surface area contributed by atoms with E-state index in [0.29, 0.717) is 6.04 Å². The Morgan fingerprint density at radius 3 is 1.58 bits per heavy atom. The van der Waals surface area contributed by atoms with E-state index in [1.165, 1.54) is 43.5 Å². The summed E-state index contributed by atoms with van der Waals surface area (Å²) in [5.74, 6) is 0. The lowest BCUT2D eigenvalue weighted by Gasteiger charge is -2.35. The summed E-state index contributed by atoms with van der Waals surface area (Å²) in [6, 6.07) is 22.2. The highest BCUT2D eigenvalue weighted by atomic mass is 15.2. The second-order valence-corrected chi connectivity index (χ2v) is 6.28. The maximum atomic E-state index is 3.11. The van der Waals surface area contributed by atoms with Gasteiger partial charge in [0.15, 0.2) is 0 Å². The smallest absolute Gasteiger partial charge is 0.0601 e. The maximum Gasteiger partial charge on any atom is 0.0601 e. The fraction of sp³-hybridized carbons (Fsp3) is 0.455. The van der Waals surface area contributed by atoms with Crippen LogP contribution in [0.3, 0.4) is 0 Å². The third-order valence-corrected chi connectivity index (χ3v) is 4.49. The molecule has 0 spiro atoms. The SMILES string of the molecule is CCNCC.c1ccc(C(c2ccccc2)N2CCCCC2)cc1. The van der Waals surface area contributed by atoms with Crippen molar-refractivity contribution in [1.29, 1.82) is 0 Å². The van der Waals surface area contributed by atoms with E-state index in [1.54, 1.807) is 0 Å². The van der Waals surface area contributed by atoms with Crippen LogP contribution in [0.1, 0.15) is 50.3 Å². The minimum atomic E-state index is 0.419. The van der Waals surface area contributed by atoms with Gasteiger partial charge >= 0.3 is 0 Å². The summed E-state index contributed by atoms with van der Waals surface area (Å²) < 4.78 is 0. The molecule has 3 rings (SSSR count). The van der Waals surface area contributed by atoms with Crippen LogP contribution in [0.2, 0.25) is 0 Å². The Kier molecular flexibility index (Phi) is 8.58. The minimum absolute atomic E-state index is 0.419. The highest BCUT2D eigenvalue weighted by Crippen LogP contribution is 2.30. The van der Waals surface area contributed by atoms with Gasteiger partial charge in [0.05, 0.1) is 6.04 Å². The zero-order chi connectivity index (χ0) is 17.0. The van der Waals surface area contributed by atoms with Gasteiger partial charge in [0.2, 0.25) is 0 Å². The number of nitrogens with zero attached hydrogens (tertiary/aromatic N) is 1. The minimum Gasteiger partial charge on any atom is -0.317 e. The van der Waals surface area contributed by atoms with Gasteiger partial charge in [-0.2, -0.15) is 0 Å². The van der Waals surface area contributed by atoms with Crippen molar-refractivity contribution in [2.24, 2.45) is 0 Å². The van der Waals surface area contributed by atoms with Crippen molar-refractivity contribution in [2.75, 3.05) is 26.2 Å². The van der Waals surface area contributed by atoms with Crippen LogP contribution in [0.4, 0.5) is 0 Å². The molecule has 0 radical (unpaired) electrons. The average Bonchev–Trinajstić information content (AvgIpc) is 2.66. The van der Waals surface area contributed by atoms with Crippen LogP contribution >= 0.6 is 0 Å². The first-order valence-corrected chi connectivity index (χ1v) is 9.41. The Balaban J connectivity index is 0.000000368. The molecule has 0 unspecified atom stereocenters. The van der Waals surface area contributed by atoms with Crippen molar-refractivity contribution >= 4 is 0 Å². The van der Waals surface area contributed by atoms with Gasteiger partial charge in [0, 0.05) is 0 Å². The Morgan fingerprint density at radius 1 is 0.750 bits per heavy atom. The standard InChI is InChI=1S/C18H21N.C4H11N/c1-4-10-16(11-5-1)18(17-12-6-2-7-13-17)19-14-8-3-9-15-19;1-3-5-4-2/h1-2,4-7,10-13,18H,3,8-9,14-15H2;5H,3-4H2,1-2H3. The fourth-order valence-electron chi connectivity index (χ4n) is 3.31. The predicted molar refractivity (Wildman–Crippen MR) is 104 cm³/mol. The van der Waals surface area contributed by atoms with Gasteiger partial charge in [-0.3, -0.25) is 4.90 Å². The third kappa shape index (κ3) is 5.77. The molecule has 0 bridgehead atoms. The monoisotopic (exact) mass is 324 g/mol. The second kappa shape index (κ2) is 11.0. The molecular weight excluding hydrogens is 292 g/mol. The molecule has 24 heavy (non-hydrogen) atoms. The van der Waals surface area contributed by atoms with E-state index in [9.17, 15) is 0 Å². The van der Waals surface area contributed by atoms with E-state index in [-0.39, 0.29) is 0 Å². The van der Waals surface area contributed by atoms with Crippen molar-refractivity contribution in [1.82, 2.24) is 10.2 Å². The summed E-state index contributed by atoms with van der Waals surface area (Å²) in [7, 11) is 0. The Morgan fingerprint density at radius 2 is 1.21 bits per heavy atom. The number of benzene rings is 2. The Labute approximate surface area is 147 Å². The molecule has 0 aromatic heterocycles. The van der Waals surface area contributed by atoms with Crippen LogP contribution in [0.15, 0.2) is 60.7 Å². The van der Waals surface area contributed by atoms with Crippen molar-refractivity contribution in [3.8, 4) is 0 Å². The molecule has 1 aliphatic heterocycles. The fourth-order valence-corrected chi connectivity index (χ4v) is 3.31. The van der Waals surface area contributed by atoms with Gasteiger partial charge in [-0.05, 0) is 50.1 Å². The molecule has 0 saturated carbocycles. The Bertz CT molecular complexity index is 491. The van der Waals surface area contributed by atoms with Gasteiger partial charge in [-0.1, -0.05) is 80.9 Å². The number of hydrogen-bond acceptors (Lipinski definition) is 2. The van der Waals surface area contributed by atoms with Crippen LogP contribution in [-0.4, -0.2) is 31.1 Å². The van der Waals surface area contributed by atoms with E-state index >= 15 is 0 Å². The lowest BCUT2D eigenvalue weighted by molar-refractivity contribution is 0.187. The maximum absolute atomic E-state index is 3.11. The van der Waals surface area contributed by atoms with Crippen LogP contribution in [0.5, 0.6) is 0 Å². The summed E-state index contributed by atoms with van der Waals surface area (Å²) in [5.41, 5.74) is 2.83. The molecule has 2 aromatic rings. The first-order chi connectivity index (χ1) is 11.9. The van der Waals surface area contributed by atoms with E-state index in [2.05, 4.69) is 84.7 Å². The number of rotatable bonds is 5. The van der Waals surface area contributed by atoms with Crippen LogP contribution in [-0.2, 0) is 0 Å². The number of likely N-dealkylation sites (tertiary alicyclic amines) is 1. The molecule has 0 aliphatic carbocycles. The zero-order valence-electron chi connectivity index (χ0n) is 15.2. The molecule has 1 heterocycles. The van der Waals surface area contributed by atoms with Crippen LogP contribution in [0.25, 0.3) is 0 Å². The van der Waals surface area contributed by atoms with Crippen LogP contribution < -0.4 is 5.32 Å². The third-order valence-electron chi connectivity index (χ3n) is 4.49. The van der Waals surface area contributed by atoms with Crippen molar-refractivity contribution in [3.63, 3.8) is 0 Å². The number of piperidine rings is 1. The predicted octanol–water partition coefficient (Wildman–Crippen LogP) is 4.88. The van der Waals surface area contributed by atoms with E-state index in [0.717, 1.165) is 13.1 Å². The lowest BCUT2D eigenvalue weighted by atomic mass is 9.95. The summed E-state index contributed by atoms with van der Waals surface area (Å²) in [4.78, 5) is 2.63. The number of nitrogens with one attached hydrogen (secondary N) is 1. The van der Waals surface area contributed by atoms with Crippen LogP contribution in [0, 0.1) is 0 Å². The molecule has 0 atom stereocenters. The van der Waals surface area contributed by atoms with E-state index in [4.69, 9.17) is 0 Å². The normalized spacial score (nSPS) is 15.0. The van der Waals surface area contributed by atoms with E-state index < -0.39 is 0 Å². The van der Waals surface area contributed by atoms with Gasteiger partial charge in [-0.25, -0.2) is 0 Å².